The lowest BCUT2D eigenvalue weighted by Crippen LogP contribution is -2.25. The normalized spacial score (nSPS) is 14.5. The van der Waals surface area contributed by atoms with Gasteiger partial charge in [-0.3, -0.25) is 4.57 Å². The Morgan fingerprint density at radius 2 is 1.01 bits per heavy atom. The average molecular weight is 1040 g/mol. The zero-order valence-corrected chi connectivity index (χ0v) is 49.8. The lowest BCUT2D eigenvalue weighted by molar-refractivity contribution is 0.483. The Bertz CT molecular complexity index is 3830. The van der Waals surface area contributed by atoms with Gasteiger partial charge in [0, 0.05) is 50.2 Å². The number of pyridine rings is 1. The van der Waals surface area contributed by atoms with E-state index in [1.807, 2.05) is 24.4 Å². The van der Waals surface area contributed by atoms with Crippen molar-refractivity contribution in [3.63, 3.8) is 0 Å². The van der Waals surface area contributed by atoms with Crippen LogP contribution in [0.5, 0.6) is 11.5 Å². The van der Waals surface area contributed by atoms with Crippen LogP contribution < -0.4 is 14.5 Å². The summed E-state index contributed by atoms with van der Waals surface area (Å²) < 4.78 is 35.8. The second-order valence-corrected chi connectivity index (χ2v) is 28.2. The number of anilines is 4. The summed E-state index contributed by atoms with van der Waals surface area (Å²) in [4.78, 5) is 9.77. The lowest BCUT2D eigenvalue weighted by atomic mass is 9.79. The third kappa shape index (κ3) is 10.5. The van der Waals surface area contributed by atoms with E-state index in [0.29, 0.717) is 23.7 Å². The highest BCUT2D eigenvalue weighted by atomic mass is 16.5. The molecule has 0 saturated carbocycles. The van der Waals surface area contributed by atoms with E-state index in [-0.39, 0.29) is 32.5 Å². The topological polar surface area (TPSA) is 33.5 Å². The molecule has 0 N–H and O–H groups in total. The van der Waals surface area contributed by atoms with Crippen LogP contribution in [0.4, 0.5) is 22.7 Å². The maximum atomic E-state index is 8.82. The molecule has 0 unspecified atom stereocenters. The largest absolute Gasteiger partial charge is 0.457 e. The smallest absolute Gasteiger partial charge is 0.137 e. The molecule has 0 spiro atoms. The van der Waals surface area contributed by atoms with E-state index < -0.39 is 6.85 Å². The Morgan fingerprint density at radius 1 is 0.423 bits per heavy atom. The van der Waals surface area contributed by atoms with E-state index in [1.54, 1.807) is 0 Å². The van der Waals surface area contributed by atoms with Gasteiger partial charge in [-0.2, -0.15) is 0 Å². The minimum atomic E-state index is -2.34. The maximum Gasteiger partial charge on any atom is 0.137 e. The van der Waals surface area contributed by atoms with Crippen molar-refractivity contribution in [3.05, 3.63) is 191 Å². The fraction of sp³-hybridized carbons (Fsp3) is 0.356. The van der Waals surface area contributed by atoms with Gasteiger partial charge in [-0.1, -0.05) is 191 Å². The quantitative estimate of drug-likeness (QED) is 0.159. The number of rotatable bonds is 7. The molecule has 0 atom stereocenters. The molecule has 0 bridgehead atoms. The Hall–Kier alpha value is -7.11. The predicted molar refractivity (Wildman–Crippen MR) is 335 cm³/mol. The summed E-state index contributed by atoms with van der Waals surface area (Å²) >= 11 is 0. The molecule has 0 fully saturated rings. The van der Waals surface area contributed by atoms with Gasteiger partial charge >= 0.3 is 0 Å². The molecule has 7 aromatic carbocycles. The standard InChI is InChI=1S/C73H84N4O/c1-46-26-28-49(68(2,3)4)41-61(46)60-24-21-25-64-67(60)76(56-39-53(72(14,15)16)38-54(40-56)73(17,18)19)45-75(64)55-22-20-23-57(43-55)78-58-29-30-59-62-36-47(48-34-51(70(8,9)10)37-52(35-48)71(11,12)13)27-31-63(62)77(65(59)44-58)66-42-50(32-33-74-66)69(5,6)7/h20-44H,45H2,1-19H3/i1D3. The SMILES string of the molecule is [2H]C([2H])([2H])c1ccc(C(C)(C)C)cc1-c1cccc2c1N(c1cc(C(C)(C)C)cc(C(C)(C)C)c1)CN2c1cccc(Oc2ccc3c4cc(-c5cc(C(C)(C)C)cc(C(C)(C)C)c5)ccc4n(-c4cc(C(C)(C)C)ccn4)c3c2)c1. The van der Waals surface area contributed by atoms with E-state index >= 15 is 0 Å². The summed E-state index contributed by atoms with van der Waals surface area (Å²) in [7, 11) is 0. The highest BCUT2D eigenvalue weighted by molar-refractivity contribution is 6.11. The van der Waals surface area contributed by atoms with Crippen molar-refractivity contribution in [2.24, 2.45) is 0 Å². The van der Waals surface area contributed by atoms with Crippen molar-refractivity contribution < 1.29 is 8.85 Å². The van der Waals surface area contributed by atoms with E-state index in [2.05, 4.69) is 266 Å². The van der Waals surface area contributed by atoms with Gasteiger partial charge in [-0.05, 0) is 162 Å². The average Bonchev–Trinajstić information content (AvgIpc) is 4.02. The first-order valence-corrected chi connectivity index (χ1v) is 28.0. The molecule has 2 aromatic heterocycles. The molecule has 402 valence electrons. The van der Waals surface area contributed by atoms with Crippen LogP contribution in [0, 0.1) is 6.85 Å². The van der Waals surface area contributed by atoms with Gasteiger partial charge in [0.25, 0.3) is 0 Å². The second-order valence-electron chi connectivity index (χ2n) is 28.2. The number of hydrogen-bond donors (Lipinski definition) is 0. The van der Waals surface area contributed by atoms with Crippen molar-refractivity contribution in [3.8, 4) is 39.6 Å². The summed E-state index contributed by atoms with van der Waals surface area (Å²) in [6.45, 7) is 38.8. The number of aromatic nitrogens is 2. The van der Waals surface area contributed by atoms with Crippen molar-refractivity contribution in [1.29, 1.82) is 0 Å². The number of fused-ring (bicyclic) bond motifs is 4. The number of para-hydroxylation sites is 1. The van der Waals surface area contributed by atoms with Crippen LogP contribution in [0.2, 0.25) is 0 Å². The Morgan fingerprint density at radius 3 is 1.63 bits per heavy atom. The molecule has 1 aliphatic heterocycles. The van der Waals surface area contributed by atoms with Crippen LogP contribution in [0.3, 0.4) is 0 Å². The highest BCUT2D eigenvalue weighted by Crippen LogP contribution is 2.52. The monoisotopic (exact) mass is 1040 g/mol. The molecule has 9 aromatic rings. The fourth-order valence-electron chi connectivity index (χ4n) is 10.8. The highest BCUT2D eigenvalue weighted by Gasteiger charge is 2.34. The summed E-state index contributed by atoms with van der Waals surface area (Å²) in [5.74, 6) is 2.26. The Labute approximate surface area is 471 Å². The van der Waals surface area contributed by atoms with E-state index in [9.17, 15) is 0 Å². The van der Waals surface area contributed by atoms with Crippen molar-refractivity contribution in [1.82, 2.24) is 9.55 Å². The predicted octanol–water partition coefficient (Wildman–Crippen LogP) is 20.6. The zero-order chi connectivity index (χ0) is 58.7. The zero-order valence-electron chi connectivity index (χ0n) is 52.8. The van der Waals surface area contributed by atoms with Crippen molar-refractivity contribution in [2.75, 3.05) is 16.5 Å². The van der Waals surface area contributed by atoms with Gasteiger partial charge in [0.2, 0.25) is 0 Å². The molecule has 0 aliphatic carbocycles. The van der Waals surface area contributed by atoms with Crippen molar-refractivity contribution in [2.45, 2.75) is 164 Å². The maximum absolute atomic E-state index is 8.82. The molecule has 78 heavy (non-hydrogen) atoms. The van der Waals surface area contributed by atoms with Crippen LogP contribution in [-0.2, 0) is 32.5 Å². The van der Waals surface area contributed by atoms with E-state index in [1.165, 1.54) is 38.9 Å². The van der Waals surface area contributed by atoms with Crippen molar-refractivity contribution >= 4 is 44.6 Å². The Kier molecular flexibility index (Phi) is 12.3. The molecule has 0 amide bonds. The lowest BCUT2D eigenvalue weighted by Gasteiger charge is -2.30. The van der Waals surface area contributed by atoms with Crippen LogP contribution >= 0.6 is 0 Å². The first-order valence-electron chi connectivity index (χ1n) is 29.5. The third-order valence-electron chi connectivity index (χ3n) is 15.9. The van der Waals surface area contributed by atoms with E-state index in [4.69, 9.17) is 13.8 Å². The summed E-state index contributed by atoms with van der Waals surface area (Å²) in [6, 6.07) is 52.4. The number of aryl methyl sites for hydroxylation is 1. The number of ether oxygens (including phenoxy) is 1. The fourth-order valence-corrected chi connectivity index (χ4v) is 10.8. The number of hydrogen-bond acceptors (Lipinski definition) is 4. The molecular weight excluding hydrogens is 949 g/mol. The summed E-state index contributed by atoms with van der Waals surface area (Å²) in [5.41, 5.74) is 17.2. The number of benzene rings is 7. The third-order valence-corrected chi connectivity index (χ3v) is 15.9. The molecular formula is C73H84N4O. The van der Waals surface area contributed by atoms with Gasteiger partial charge in [-0.15, -0.1) is 0 Å². The Balaban J connectivity index is 1.11. The first-order chi connectivity index (χ1) is 37.5. The molecule has 3 heterocycles. The second kappa shape index (κ2) is 19.1. The van der Waals surface area contributed by atoms with Gasteiger partial charge in [0.1, 0.15) is 24.0 Å². The van der Waals surface area contributed by atoms with Gasteiger partial charge in [-0.25, -0.2) is 4.98 Å². The molecule has 1 aliphatic rings. The van der Waals surface area contributed by atoms with Gasteiger partial charge in [0.15, 0.2) is 0 Å². The van der Waals surface area contributed by atoms with Gasteiger partial charge in [0.05, 0.1) is 22.4 Å². The molecule has 5 nitrogen and oxygen atoms in total. The van der Waals surface area contributed by atoms with Crippen LogP contribution in [-0.4, -0.2) is 16.2 Å². The summed E-state index contributed by atoms with van der Waals surface area (Å²) in [5, 5.41) is 2.26. The first kappa shape index (κ1) is 50.4. The molecule has 0 radical (unpaired) electrons. The van der Waals surface area contributed by atoms with E-state index in [0.717, 1.165) is 67.1 Å². The number of nitrogens with zero attached hydrogens (tertiary/aromatic N) is 4. The molecule has 0 saturated heterocycles. The van der Waals surface area contributed by atoms with Crippen LogP contribution in [0.1, 0.15) is 168 Å². The summed E-state index contributed by atoms with van der Waals surface area (Å²) in [6.07, 6.45) is 1.93. The van der Waals surface area contributed by atoms with Gasteiger partial charge < -0.3 is 14.5 Å². The minimum absolute atomic E-state index is 0.0137. The molecule has 10 rings (SSSR count). The molecule has 5 heteroatoms. The van der Waals surface area contributed by atoms with Crippen LogP contribution in [0.25, 0.3) is 49.9 Å². The van der Waals surface area contributed by atoms with Crippen LogP contribution in [0.15, 0.2) is 152 Å². The minimum Gasteiger partial charge on any atom is -0.457 e.